The Labute approximate surface area is 135 Å². The molecule has 0 aromatic heterocycles. The number of esters is 1. The molecule has 0 saturated carbocycles. The lowest BCUT2D eigenvalue weighted by Gasteiger charge is -2.10. The van der Waals surface area contributed by atoms with E-state index in [0.717, 1.165) is 12.8 Å². The van der Waals surface area contributed by atoms with Crippen molar-refractivity contribution >= 4 is 12.4 Å². The summed E-state index contributed by atoms with van der Waals surface area (Å²) in [5.41, 5.74) is 0. The highest BCUT2D eigenvalue weighted by Crippen LogP contribution is 2.10. The fourth-order valence-electron chi connectivity index (χ4n) is 2.26. The minimum absolute atomic E-state index is 0.225. The molecule has 0 saturated heterocycles. The molecule has 0 rings (SSSR count). The first-order valence-electron chi connectivity index (χ1n) is 8.73. The Morgan fingerprint density at radius 2 is 1.55 bits per heavy atom. The van der Waals surface area contributed by atoms with Crippen LogP contribution < -0.4 is 0 Å². The molecule has 4 heteroatoms. The summed E-state index contributed by atoms with van der Waals surface area (Å²) in [5, 5.41) is 0. The Morgan fingerprint density at radius 1 is 1.00 bits per heavy atom. The number of amides is 1. The van der Waals surface area contributed by atoms with Gasteiger partial charge in [-0.25, -0.2) is 0 Å². The summed E-state index contributed by atoms with van der Waals surface area (Å²) >= 11 is 0. The van der Waals surface area contributed by atoms with Crippen molar-refractivity contribution in [2.75, 3.05) is 13.2 Å². The van der Waals surface area contributed by atoms with Crippen LogP contribution in [0.4, 0.5) is 0 Å². The number of hydrogen-bond acceptors (Lipinski definition) is 3. The van der Waals surface area contributed by atoms with Gasteiger partial charge in [0.2, 0.25) is 6.41 Å². The summed E-state index contributed by atoms with van der Waals surface area (Å²) in [6.45, 7) is 6.55. The Kier molecular flexibility index (Phi) is 15.1. The van der Waals surface area contributed by atoms with E-state index in [9.17, 15) is 9.59 Å². The third kappa shape index (κ3) is 13.7. The molecular formula is C18H33NO3. The van der Waals surface area contributed by atoms with Gasteiger partial charge in [-0.1, -0.05) is 71.3 Å². The first kappa shape index (κ1) is 20.7. The predicted molar refractivity (Wildman–Crippen MR) is 90.4 cm³/mol. The number of rotatable bonds is 16. The van der Waals surface area contributed by atoms with Gasteiger partial charge in [0.25, 0.3) is 0 Å². The lowest BCUT2D eigenvalue weighted by atomic mass is 10.1. The van der Waals surface area contributed by atoms with Crippen LogP contribution in [0.15, 0.2) is 12.8 Å². The lowest BCUT2D eigenvalue weighted by Crippen LogP contribution is -2.20. The molecule has 0 spiro atoms. The SMILES string of the molecule is C=CN(C=O)CCC(=O)OCCCCCCCCCCCC. The number of nitrogens with zero attached hydrogens (tertiary/aromatic N) is 1. The van der Waals surface area contributed by atoms with Crippen molar-refractivity contribution in [3.63, 3.8) is 0 Å². The molecule has 0 unspecified atom stereocenters. The standard InChI is InChI=1S/C18H33NO3/c1-3-5-6-7-8-9-10-11-12-13-16-22-18(21)14-15-19(4-2)17-20/h4,17H,2-3,5-16H2,1H3. The molecule has 4 nitrogen and oxygen atoms in total. The van der Waals surface area contributed by atoms with Gasteiger partial charge < -0.3 is 9.64 Å². The van der Waals surface area contributed by atoms with E-state index in [1.807, 2.05) is 0 Å². The zero-order chi connectivity index (χ0) is 16.5. The van der Waals surface area contributed by atoms with E-state index in [2.05, 4.69) is 13.5 Å². The molecule has 0 aliphatic heterocycles. The van der Waals surface area contributed by atoms with E-state index in [1.165, 1.54) is 62.5 Å². The molecular weight excluding hydrogens is 278 g/mol. The number of carbonyl (C=O) groups excluding carboxylic acids is 2. The molecule has 0 fully saturated rings. The van der Waals surface area contributed by atoms with Crippen LogP contribution in [-0.2, 0) is 14.3 Å². The molecule has 0 aliphatic rings. The van der Waals surface area contributed by atoms with Crippen molar-refractivity contribution in [1.29, 1.82) is 0 Å². The number of carbonyl (C=O) groups is 2. The third-order valence-corrected chi connectivity index (χ3v) is 3.70. The Bertz CT molecular complexity index is 284. The van der Waals surface area contributed by atoms with Crippen LogP contribution in [0.2, 0.25) is 0 Å². The monoisotopic (exact) mass is 311 g/mol. The largest absolute Gasteiger partial charge is 0.466 e. The van der Waals surface area contributed by atoms with Gasteiger partial charge in [0.15, 0.2) is 0 Å². The molecule has 128 valence electrons. The van der Waals surface area contributed by atoms with Gasteiger partial charge in [-0.3, -0.25) is 9.59 Å². The maximum absolute atomic E-state index is 11.4. The first-order valence-corrected chi connectivity index (χ1v) is 8.73. The summed E-state index contributed by atoms with van der Waals surface area (Å²) in [5.74, 6) is -0.246. The average molecular weight is 311 g/mol. The second kappa shape index (κ2) is 16.1. The van der Waals surface area contributed by atoms with Gasteiger partial charge in [0.1, 0.15) is 0 Å². The first-order chi connectivity index (χ1) is 10.7. The molecule has 0 N–H and O–H groups in total. The van der Waals surface area contributed by atoms with Crippen molar-refractivity contribution in [2.45, 2.75) is 77.6 Å². The van der Waals surface area contributed by atoms with Gasteiger partial charge >= 0.3 is 5.97 Å². The summed E-state index contributed by atoms with van der Waals surface area (Å²) in [7, 11) is 0. The maximum Gasteiger partial charge on any atom is 0.307 e. The number of ether oxygens (including phenoxy) is 1. The second-order valence-corrected chi connectivity index (χ2v) is 5.68. The lowest BCUT2D eigenvalue weighted by molar-refractivity contribution is -0.144. The van der Waals surface area contributed by atoms with Crippen LogP contribution in [0.1, 0.15) is 77.6 Å². The predicted octanol–water partition coefficient (Wildman–Crippen LogP) is 4.44. The molecule has 0 heterocycles. The summed E-state index contributed by atoms with van der Waals surface area (Å²) in [6.07, 6.45) is 14.9. The van der Waals surface area contributed by atoms with E-state index >= 15 is 0 Å². The van der Waals surface area contributed by atoms with Crippen LogP contribution in [0.25, 0.3) is 0 Å². The third-order valence-electron chi connectivity index (χ3n) is 3.70. The van der Waals surface area contributed by atoms with Gasteiger partial charge in [0.05, 0.1) is 13.0 Å². The van der Waals surface area contributed by atoms with Crippen LogP contribution in [-0.4, -0.2) is 30.4 Å². The normalized spacial score (nSPS) is 10.2. The van der Waals surface area contributed by atoms with Crippen molar-refractivity contribution in [2.24, 2.45) is 0 Å². The van der Waals surface area contributed by atoms with Crippen molar-refractivity contribution < 1.29 is 14.3 Å². The molecule has 0 radical (unpaired) electrons. The minimum atomic E-state index is -0.246. The smallest absolute Gasteiger partial charge is 0.307 e. The molecule has 1 amide bonds. The van der Waals surface area contributed by atoms with E-state index in [1.54, 1.807) is 0 Å². The van der Waals surface area contributed by atoms with Crippen molar-refractivity contribution in [1.82, 2.24) is 4.90 Å². The van der Waals surface area contributed by atoms with Crippen LogP contribution in [0.5, 0.6) is 0 Å². The Balaban J connectivity index is 3.26. The summed E-state index contributed by atoms with van der Waals surface area (Å²) in [4.78, 5) is 23.3. The molecule has 0 bridgehead atoms. The Hall–Kier alpha value is -1.32. The zero-order valence-electron chi connectivity index (χ0n) is 14.2. The summed E-state index contributed by atoms with van der Waals surface area (Å²) in [6, 6.07) is 0. The highest BCUT2D eigenvalue weighted by atomic mass is 16.5. The van der Waals surface area contributed by atoms with Crippen LogP contribution in [0.3, 0.4) is 0 Å². The van der Waals surface area contributed by atoms with Crippen molar-refractivity contribution in [3.8, 4) is 0 Å². The summed E-state index contributed by atoms with van der Waals surface area (Å²) < 4.78 is 5.14. The van der Waals surface area contributed by atoms with E-state index < -0.39 is 0 Å². The topological polar surface area (TPSA) is 46.6 Å². The fourth-order valence-corrected chi connectivity index (χ4v) is 2.26. The molecule has 0 aromatic rings. The number of hydrogen-bond donors (Lipinski definition) is 0. The van der Waals surface area contributed by atoms with Gasteiger partial charge in [-0.05, 0) is 12.6 Å². The Morgan fingerprint density at radius 3 is 2.05 bits per heavy atom. The highest BCUT2D eigenvalue weighted by molar-refractivity contribution is 5.70. The fraction of sp³-hybridized carbons (Fsp3) is 0.778. The average Bonchev–Trinajstić information content (AvgIpc) is 2.53. The van der Waals surface area contributed by atoms with E-state index in [4.69, 9.17) is 4.74 Å². The molecule has 22 heavy (non-hydrogen) atoms. The second-order valence-electron chi connectivity index (χ2n) is 5.68. The molecule has 0 aromatic carbocycles. The highest BCUT2D eigenvalue weighted by Gasteiger charge is 2.05. The van der Waals surface area contributed by atoms with Crippen molar-refractivity contribution in [3.05, 3.63) is 12.8 Å². The van der Waals surface area contributed by atoms with Gasteiger partial charge in [-0.2, -0.15) is 0 Å². The van der Waals surface area contributed by atoms with Crippen LogP contribution in [0, 0.1) is 0 Å². The van der Waals surface area contributed by atoms with E-state index in [0.29, 0.717) is 19.6 Å². The zero-order valence-corrected chi connectivity index (χ0v) is 14.2. The maximum atomic E-state index is 11.4. The quantitative estimate of drug-likeness (QED) is 0.240. The molecule has 0 atom stereocenters. The van der Waals surface area contributed by atoms with Crippen LogP contribution >= 0.6 is 0 Å². The molecule has 0 aliphatic carbocycles. The van der Waals surface area contributed by atoms with Gasteiger partial charge in [-0.15, -0.1) is 0 Å². The number of unbranched alkanes of at least 4 members (excludes halogenated alkanes) is 9. The van der Waals surface area contributed by atoms with E-state index in [-0.39, 0.29) is 12.4 Å². The van der Waals surface area contributed by atoms with Gasteiger partial charge in [0, 0.05) is 6.54 Å². The minimum Gasteiger partial charge on any atom is -0.466 e.